The van der Waals surface area contributed by atoms with E-state index in [0.29, 0.717) is 6.61 Å². The number of ether oxygens (including phenoxy) is 1. The van der Waals surface area contributed by atoms with E-state index < -0.39 is 0 Å². The van der Waals surface area contributed by atoms with Crippen LogP contribution in [0.1, 0.15) is 24.9 Å². The number of aryl methyl sites for hydroxylation is 1. The van der Waals surface area contributed by atoms with Crippen molar-refractivity contribution in [1.82, 2.24) is 15.2 Å². The molecule has 0 fully saturated rings. The maximum Gasteiger partial charge on any atom is 0.0538 e. The Morgan fingerprint density at radius 1 is 1.71 bits per heavy atom. The van der Waals surface area contributed by atoms with Crippen molar-refractivity contribution in [2.45, 2.75) is 25.9 Å². The van der Waals surface area contributed by atoms with E-state index in [4.69, 9.17) is 10.6 Å². The first-order valence-electron chi connectivity index (χ1n) is 4.79. The average Bonchev–Trinajstić information content (AvgIpc) is 2.68. The molecule has 3 N–H and O–H groups in total. The normalized spacial score (nSPS) is 13.1. The molecule has 0 saturated carbocycles. The first-order valence-corrected chi connectivity index (χ1v) is 4.79. The molecule has 1 aromatic heterocycles. The first kappa shape index (κ1) is 11.2. The van der Waals surface area contributed by atoms with Crippen molar-refractivity contribution in [2.75, 3.05) is 13.7 Å². The number of methoxy groups -OCH3 is 1. The van der Waals surface area contributed by atoms with E-state index in [1.54, 1.807) is 7.11 Å². The summed E-state index contributed by atoms with van der Waals surface area (Å²) < 4.78 is 6.89. The van der Waals surface area contributed by atoms with Crippen molar-refractivity contribution in [2.24, 2.45) is 5.84 Å². The fourth-order valence-corrected chi connectivity index (χ4v) is 1.31. The second kappa shape index (κ2) is 5.74. The number of nitrogens with two attached hydrogens (primary N) is 1. The van der Waals surface area contributed by atoms with Gasteiger partial charge < -0.3 is 4.74 Å². The van der Waals surface area contributed by atoms with Crippen molar-refractivity contribution in [3.05, 3.63) is 18.0 Å². The second-order valence-electron chi connectivity index (χ2n) is 3.13. The summed E-state index contributed by atoms with van der Waals surface area (Å²) in [5.74, 6) is 5.45. The molecule has 0 saturated heterocycles. The lowest BCUT2D eigenvalue weighted by Gasteiger charge is -2.12. The summed E-state index contributed by atoms with van der Waals surface area (Å²) in [6, 6.07) is 0.121. The van der Waals surface area contributed by atoms with Crippen LogP contribution in [0.4, 0.5) is 0 Å². The van der Waals surface area contributed by atoms with Crippen LogP contribution in [-0.4, -0.2) is 23.5 Å². The molecule has 0 amide bonds. The van der Waals surface area contributed by atoms with Gasteiger partial charge in [0, 0.05) is 32.0 Å². The number of rotatable bonds is 6. The number of nitrogens with zero attached hydrogens (tertiary/aromatic N) is 2. The SMILES string of the molecule is CCn1cc(C(CCOC)NN)cn1. The Kier molecular flexibility index (Phi) is 4.58. The molecule has 0 aliphatic rings. The minimum atomic E-state index is 0.121. The maximum absolute atomic E-state index is 5.45. The molecule has 1 heterocycles. The van der Waals surface area contributed by atoms with E-state index in [1.807, 2.05) is 17.1 Å². The van der Waals surface area contributed by atoms with Crippen molar-refractivity contribution in [3.8, 4) is 0 Å². The molecule has 0 radical (unpaired) electrons. The lowest BCUT2D eigenvalue weighted by Crippen LogP contribution is -2.28. The van der Waals surface area contributed by atoms with Crippen LogP contribution in [0.3, 0.4) is 0 Å². The summed E-state index contributed by atoms with van der Waals surface area (Å²) in [5.41, 5.74) is 3.86. The molecule has 0 aromatic carbocycles. The third-order valence-electron chi connectivity index (χ3n) is 2.19. The van der Waals surface area contributed by atoms with E-state index in [1.165, 1.54) is 0 Å². The minimum Gasteiger partial charge on any atom is -0.385 e. The third-order valence-corrected chi connectivity index (χ3v) is 2.19. The summed E-state index contributed by atoms with van der Waals surface area (Å²) in [4.78, 5) is 0. The highest BCUT2D eigenvalue weighted by Crippen LogP contribution is 2.14. The summed E-state index contributed by atoms with van der Waals surface area (Å²) in [7, 11) is 1.68. The monoisotopic (exact) mass is 198 g/mol. The molecule has 0 aliphatic carbocycles. The number of hydrogen-bond donors (Lipinski definition) is 2. The summed E-state index contributed by atoms with van der Waals surface area (Å²) in [5, 5.41) is 4.19. The minimum absolute atomic E-state index is 0.121. The fraction of sp³-hybridized carbons (Fsp3) is 0.667. The highest BCUT2D eigenvalue weighted by atomic mass is 16.5. The van der Waals surface area contributed by atoms with E-state index in [-0.39, 0.29) is 6.04 Å². The van der Waals surface area contributed by atoms with Gasteiger partial charge in [-0.15, -0.1) is 0 Å². The number of hydrazine groups is 1. The molecule has 1 atom stereocenters. The van der Waals surface area contributed by atoms with Gasteiger partial charge in [-0.05, 0) is 13.3 Å². The predicted molar refractivity (Wildman–Crippen MR) is 54.5 cm³/mol. The largest absolute Gasteiger partial charge is 0.385 e. The van der Waals surface area contributed by atoms with Gasteiger partial charge in [0.1, 0.15) is 0 Å². The average molecular weight is 198 g/mol. The molecular weight excluding hydrogens is 180 g/mol. The summed E-state index contributed by atoms with van der Waals surface area (Å²) in [6.45, 7) is 3.62. The fourth-order valence-electron chi connectivity index (χ4n) is 1.31. The molecule has 80 valence electrons. The van der Waals surface area contributed by atoms with Gasteiger partial charge >= 0.3 is 0 Å². The molecule has 1 rings (SSSR count). The van der Waals surface area contributed by atoms with Gasteiger partial charge in [0.25, 0.3) is 0 Å². The summed E-state index contributed by atoms with van der Waals surface area (Å²) in [6.07, 6.45) is 4.69. The molecule has 14 heavy (non-hydrogen) atoms. The molecule has 0 spiro atoms. The standard InChI is InChI=1S/C9H18N4O/c1-3-13-7-8(6-11-13)9(12-10)4-5-14-2/h6-7,9,12H,3-5,10H2,1-2H3. The van der Waals surface area contributed by atoms with Crippen molar-refractivity contribution >= 4 is 0 Å². The van der Waals surface area contributed by atoms with E-state index in [0.717, 1.165) is 18.5 Å². The molecule has 0 bridgehead atoms. The van der Waals surface area contributed by atoms with Crippen LogP contribution < -0.4 is 11.3 Å². The molecule has 5 heteroatoms. The Morgan fingerprint density at radius 2 is 2.50 bits per heavy atom. The van der Waals surface area contributed by atoms with Gasteiger partial charge in [-0.3, -0.25) is 16.0 Å². The van der Waals surface area contributed by atoms with Crippen molar-refractivity contribution in [1.29, 1.82) is 0 Å². The molecule has 5 nitrogen and oxygen atoms in total. The lowest BCUT2D eigenvalue weighted by molar-refractivity contribution is 0.183. The van der Waals surface area contributed by atoms with E-state index >= 15 is 0 Å². The van der Waals surface area contributed by atoms with Gasteiger partial charge in [0.15, 0.2) is 0 Å². The zero-order valence-electron chi connectivity index (χ0n) is 8.73. The highest BCUT2D eigenvalue weighted by Gasteiger charge is 2.10. The van der Waals surface area contributed by atoms with Gasteiger partial charge in [-0.25, -0.2) is 0 Å². The van der Waals surface area contributed by atoms with E-state index in [2.05, 4.69) is 17.4 Å². The summed E-state index contributed by atoms with van der Waals surface area (Å²) >= 11 is 0. The Bertz CT molecular complexity index is 261. The van der Waals surface area contributed by atoms with Crippen LogP contribution in [0, 0.1) is 0 Å². The van der Waals surface area contributed by atoms with E-state index in [9.17, 15) is 0 Å². The third kappa shape index (κ3) is 2.80. The number of aromatic nitrogens is 2. The molecule has 0 aliphatic heterocycles. The zero-order valence-corrected chi connectivity index (χ0v) is 8.73. The molecule has 1 unspecified atom stereocenters. The Morgan fingerprint density at radius 3 is 3.00 bits per heavy atom. The Labute approximate surface area is 84.2 Å². The van der Waals surface area contributed by atoms with Crippen LogP contribution in [-0.2, 0) is 11.3 Å². The Balaban J connectivity index is 2.58. The smallest absolute Gasteiger partial charge is 0.0538 e. The Hall–Kier alpha value is -0.910. The first-order chi connectivity index (χ1) is 6.81. The zero-order chi connectivity index (χ0) is 10.4. The van der Waals surface area contributed by atoms with Crippen LogP contribution in [0.25, 0.3) is 0 Å². The van der Waals surface area contributed by atoms with Crippen LogP contribution in [0.5, 0.6) is 0 Å². The number of hydrogen-bond acceptors (Lipinski definition) is 4. The highest BCUT2D eigenvalue weighted by molar-refractivity contribution is 5.09. The molecular formula is C9H18N4O. The topological polar surface area (TPSA) is 65.1 Å². The number of nitrogens with one attached hydrogen (secondary N) is 1. The van der Waals surface area contributed by atoms with Crippen molar-refractivity contribution in [3.63, 3.8) is 0 Å². The quantitative estimate of drug-likeness (QED) is 0.514. The van der Waals surface area contributed by atoms with Gasteiger partial charge in [0.05, 0.1) is 12.2 Å². The van der Waals surface area contributed by atoms with Gasteiger partial charge in [0.2, 0.25) is 0 Å². The molecule has 1 aromatic rings. The van der Waals surface area contributed by atoms with Crippen LogP contribution in [0.15, 0.2) is 12.4 Å². The van der Waals surface area contributed by atoms with Crippen LogP contribution in [0.2, 0.25) is 0 Å². The second-order valence-corrected chi connectivity index (χ2v) is 3.13. The predicted octanol–water partition coefficient (Wildman–Crippen LogP) is 0.444. The van der Waals surface area contributed by atoms with Crippen LogP contribution >= 0.6 is 0 Å². The lowest BCUT2D eigenvalue weighted by atomic mass is 10.1. The van der Waals surface area contributed by atoms with Crippen molar-refractivity contribution < 1.29 is 4.74 Å². The van der Waals surface area contributed by atoms with Gasteiger partial charge in [-0.1, -0.05) is 0 Å². The van der Waals surface area contributed by atoms with Gasteiger partial charge in [-0.2, -0.15) is 5.10 Å². The maximum atomic E-state index is 5.45.